The number of aryl methyl sites for hydroxylation is 1. The third-order valence-corrected chi connectivity index (χ3v) is 4.69. The van der Waals surface area contributed by atoms with Crippen molar-refractivity contribution >= 4 is 40.6 Å². The first kappa shape index (κ1) is 20.4. The maximum Gasteiger partial charge on any atom is 0.257 e. The lowest BCUT2D eigenvalue weighted by atomic mass is 10.1. The summed E-state index contributed by atoms with van der Waals surface area (Å²) in [6.07, 6.45) is -0.157. The highest BCUT2D eigenvalue weighted by molar-refractivity contribution is 6.30. The molecule has 2 aromatic rings. The number of amides is 2. The second-order valence-electron chi connectivity index (χ2n) is 6.77. The molecule has 3 rings (SSSR count). The lowest BCUT2D eigenvalue weighted by Gasteiger charge is -2.11. The van der Waals surface area contributed by atoms with Crippen LogP contribution >= 0.6 is 11.6 Å². The Morgan fingerprint density at radius 3 is 2.31 bits per heavy atom. The van der Waals surface area contributed by atoms with Crippen LogP contribution in [0.4, 0.5) is 11.4 Å². The fourth-order valence-corrected chi connectivity index (χ4v) is 3.00. The third-order valence-electron chi connectivity index (χ3n) is 4.43. The van der Waals surface area contributed by atoms with Gasteiger partial charge in [-0.15, -0.1) is 0 Å². The molecule has 4 N–H and O–H groups in total. The second-order valence-corrected chi connectivity index (χ2v) is 7.20. The molecule has 0 aromatic heterocycles. The highest BCUT2D eigenvalue weighted by Gasteiger charge is 2.38. The number of ketones is 1. The van der Waals surface area contributed by atoms with Crippen molar-refractivity contribution < 1.29 is 14.4 Å². The normalized spacial score (nSPS) is 17.6. The van der Waals surface area contributed by atoms with Crippen LogP contribution in [0.3, 0.4) is 0 Å². The van der Waals surface area contributed by atoms with Crippen LogP contribution in [0.15, 0.2) is 59.8 Å². The minimum absolute atomic E-state index is 0.00825. The third kappa shape index (κ3) is 5.14. The van der Waals surface area contributed by atoms with Crippen molar-refractivity contribution in [1.82, 2.24) is 10.7 Å². The molecule has 8 heteroatoms. The Bertz CT molecular complexity index is 968. The predicted octanol–water partition coefficient (Wildman–Crippen LogP) is 2.94. The predicted molar refractivity (Wildman–Crippen MR) is 112 cm³/mol. The van der Waals surface area contributed by atoms with E-state index in [-0.39, 0.29) is 17.9 Å². The van der Waals surface area contributed by atoms with Gasteiger partial charge < -0.3 is 21.5 Å². The van der Waals surface area contributed by atoms with E-state index in [0.717, 1.165) is 11.3 Å². The van der Waals surface area contributed by atoms with Crippen molar-refractivity contribution in [1.29, 1.82) is 0 Å². The molecule has 1 fully saturated rings. The highest BCUT2D eigenvalue weighted by atomic mass is 35.5. The Morgan fingerprint density at radius 2 is 1.66 bits per heavy atom. The summed E-state index contributed by atoms with van der Waals surface area (Å²) in [5.74, 6) is -1.30. The standard InChI is InChI=1S/C21H21ClN4O3/c1-12-3-7-16(8-4-12)26-25-13(2)19-20(28)17(24-21(19)29)11-18(27)23-15-9-5-14(22)6-10-15/h3-10,17,25-26H,11H2,1-2H3,(H,23,27)(H,24,29). The molecule has 2 aromatic carbocycles. The maximum atomic E-state index is 12.6. The van der Waals surface area contributed by atoms with Gasteiger partial charge in [-0.3, -0.25) is 14.4 Å². The quantitative estimate of drug-likeness (QED) is 0.332. The summed E-state index contributed by atoms with van der Waals surface area (Å²) in [6.45, 7) is 3.61. The van der Waals surface area contributed by atoms with Crippen molar-refractivity contribution in [2.24, 2.45) is 0 Å². The largest absolute Gasteiger partial charge is 0.341 e. The average molecular weight is 413 g/mol. The summed E-state index contributed by atoms with van der Waals surface area (Å²) in [5.41, 5.74) is 8.69. The molecule has 0 radical (unpaired) electrons. The molecule has 1 unspecified atom stereocenters. The van der Waals surface area contributed by atoms with Crippen LogP contribution in [0, 0.1) is 6.92 Å². The van der Waals surface area contributed by atoms with Crippen molar-refractivity contribution in [3.63, 3.8) is 0 Å². The minimum atomic E-state index is -0.902. The van der Waals surface area contributed by atoms with Gasteiger partial charge in [-0.1, -0.05) is 29.3 Å². The second kappa shape index (κ2) is 8.79. The summed E-state index contributed by atoms with van der Waals surface area (Å²) < 4.78 is 0. The number of Topliss-reactive ketones (excluding diaryl/α,β-unsaturated/α-hetero) is 1. The number of hydrazine groups is 1. The summed E-state index contributed by atoms with van der Waals surface area (Å²) in [4.78, 5) is 37.1. The Balaban J connectivity index is 1.61. The molecule has 0 aliphatic carbocycles. The Kier molecular flexibility index (Phi) is 6.19. The zero-order chi connectivity index (χ0) is 21.0. The number of nitrogens with one attached hydrogen (secondary N) is 4. The lowest BCUT2D eigenvalue weighted by molar-refractivity contribution is -0.121. The monoisotopic (exact) mass is 412 g/mol. The van der Waals surface area contributed by atoms with Gasteiger partial charge in [0, 0.05) is 16.4 Å². The van der Waals surface area contributed by atoms with Gasteiger partial charge in [0.15, 0.2) is 5.78 Å². The van der Waals surface area contributed by atoms with Crippen molar-refractivity contribution in [2.75, 3.05) is 10.7 Å². The van der Waals surface area contributed by atoms with E-state index >= 15 is 0 Å². The number of hydrogen-bond acceptors (Lipinski definition) is 5. The number of hydrogen-bond donors (Lipinski definition) is 4. The van der Waals surface area contributed by atoms with E-state index in [4.69, 9.17) is 11.6 Å². The van der Waals surface area contributed by atoms with Crippen LogP contribution in [0.5, 0.6) is 0 Å². The molecule has 2 amide bonds. The lowest BCUT2D eigenvalue weighted by Crippen LogP contribution is -2.33. The Morgan fingerprint density at radius 1 is 1.03 bits per heavy atom. The molecule has 1 aliphatic heterocycles. The van der Waals surface area contributed by atoms with E-state index in [1.807, 2.05) is 31.2 Å². The molecule has 0 bridgehead atoms. The van der Waals surface area contributed by atoms with E-state index in [0.29, 0.717) is 16.4 Å². The number of allylic oxidation sites excluding steroid dienone is 1. The van der Waals surface area contributed by atoms with Gasteiger partial charge in [-0.2, -0.15) is 0 Å². The number of anilines is 2. The van der Waals surface area contributed by atoms with Gasteiger partial charge >= 0.3 is 0 Å². The molecule has 1 atom stereocenters. The molecule has 7 nitrogen and oxygen atoms in total. The molecular weight excluding hydrogens is 392 g/mol. The molecule has 0 saturated carbocycles. The number of carbonyl (C=O) groups excluding carboxylic acids is 3. The van der Waals surface area contributed by atoms with Crippen molar-refractivity contribution in [3.8, 4) is 0 Å². The van der Waals surface area contributed by atoms with E-state index in [1.54, 1.807) is 31.2 Å². The highest BCUT2D eigenvalue weighted by Crippen LogP contribution is 2.18. The molecule has 1 aliphatic rings. The van der Waals surface area contributed by atoms with Crippen LogP contribution in [-0.2, 0) is 14.4 Å². The first-order chi connectivity index (χ1) is 13.8. The fourth-order valence-electron chi connectivity index (χ4n) is 2.88. The van der Waals surface area contributed by atoms with Crippen molar-refractivity contribution in [2.45, 2.75) is 26.3 Å². The molecule has 29 heavy (non-hydrogen) atoms. The number of halogens is 1. The van der Waals surface area contributed by atoms with Gasteiger partial charge in [0.1, 0.15) is 11.6 Å². The van der Waals surface area contributed by atoms with Crippen LogP contribution in [0.25, 0.3) is 0 Å². The average Bonchev–Trinajstić information content (AvgIpc) is 2.96. The van der Waals surface area contributed by atoms with Gasteiger partial charge in [-0.25, -0.2) is 0 Å². The van der Waals surface area contributed by atoms with Crippen LogP contribution in [0.2, 0.25) is 5.02 Å². The molecule has 1 saturated heterocycles. The SMILES string of the molecule is CC(NNc1ccc(C)cc1)=C1C(=O)NC(CC(=O)Nc2ccc(Cl)cc2)C1=O. The summed E-state index contributed by atoms with van der Waals surface area (Å²) in [7, 11) is 0. The summed E-state index contributed by atoms with van der Waals surface area (Å²) in [6, 6.07) is 13.3. The topological polar surface area (TPSA) is 99.3 Å². The number of rotatable bonds is 6. The van der Waals surface area contributed by atoms with Gasteiger partial charge in [0.2, 0.25) is 5.91 Å². The summed E-state index contributed by atoms with van der Waals surface area (Å²) in [5, 5.41) is 5.81. The van der Waals surface area contributed by atoms with Gasteiger partial charge in [-0.05, 0) is 50.2 Å². The zero-order valence-electron chi connectivity index (χ0n) is 16.0. The van der Waals surface area contributed by atoms with Crippen LogP contribution in [0.1, 0.15) is 18.9 Å². The smallest absolute Gasteiger partial charge is 0.257 e. The first-order valence-corrected chi connectivity index (χ1v) is 9.41. The minimum Gasteiger partial charge on any atom is -0.341 e. The first-order valence-electron chi connectivity index (χ1n) is 9.03. The Hall–Kier alpha value is -3.32. The van der Waals surface area contributed by atoms with Crippen LogP contribution in [-0.4, -0.2) is 23.6 Å². The fraction of sp³-hybridized carbons (Fsp3) is 0.190. The number of benzene rings is 2. The number of carbonyl (C=O) groups is 3. The van der Waals surface area contributed by atoms with E-state index < -0.39 is 17.7 Å². The molecule has 0 spiro atoms. The molecular formula is C21H21ClN4O3. The van der Waals surface area contributed by atoms with Gasteiger partial charge in [0.05, 0.1) is 12.1 Å². The van der Waals surface area contributed by atoms with Crippen molar-refractivity contribution in [3.05, 3.63) is 70.4 Å². The molecule has 150 valence electrons. The van der Waals surface area contributed by atoms with E-state index in [2.05, 4.69) is 21.5 Å². The Labute approximate surface area is 173 Å². The van der Waals surface area contributed by atoms with Gasteiger partial charge in [0.25, 0.3) is 5.91 Å². The van der Waals surface area contributed by atoms with Crippen LogP contribution < -0.4 is 21.5 Å². The maximum absolute atomic E-state index is 12.6. The summed E-state index contributed by atoms with van der Waals surface area (Å²) >= 11 is 5.82. The van der Waals surface area contributed by atoms with E-state index in [1.165, 1.54) is 0 Å². The zero-order valence-corrected chi connectivity index (χ0v) is 16.8. The van der Waals surface area contributed by atoms with E-state index in [9.17, 15) is 14.4 Å². The molecule has 1 heterocycles.